The fraction of sp³-hybridized carbons (Fsp3) is 0.556. The number of aliphatic hydroxyl groups excluding tert-OH is 1. The summed E-state index contributed by atoms with van der Waals surface area (Å²) in [6.07, 6.45) is -2.48. The van der Waals surface area contributed by atoms with Crippen LogP contribution in [0.4, 0.5) is 5.82 Å². The van der Waals surface area contributed by atoms with Gasteiger partial charge in [0.05, 0.1) is 19.0 Å². The van der Waals surface area contributed by atoms with Gasteiger partial charge >= 0.3 is 23.5 Å². The van der Waals surface area contributed by atoms with Crippen molar-refractivity contribution in [2.24, 2.45) is 5.73 Å². The molecule has 0 saturated carbocycles. The monoisotopic (exact) mass is 482 g/mol. The molecule has 1 aliphatic rings. The zero-order valence-electron chi connectivity index (χ0n) is 14.1. The number of phosphoric ester groups is 1. The first-order valence-corrected chi connectivity index (χ1v) is 11.9. The number of nitrogen functional groups attached to an aromatic ring is 1. The van der Waals surface area contributed by atoms with Gasteiger partial charge in [-0.2, -0.15) is 8.62 Å². The molecule has 5 unspecified atom stereocenters. The van der Waals surface area contributed by atoms with Crippen molar-refractivity contribution in [2.75, 3.05) is 12.3 Å². The molecule has 1 aromatic heterocycles. The third-order valence-electron chi connectivity index (χ3n) is 3.40. The first-order chi connectivity index (χ1) is 13.1. The summed E-state index contributed by atoms with van der Waals surface area (Å²) in [5, 5.41) is 9.99. The Hall–Kier alpha value is -1.19. The van der Waals surface area contributed by atoms with Crippen LogP contribution in [0.5, 0.6) is 0 Å². The molecule has 0 radical (unpaired) electrons. The molecule has 2 rings (SSSR count). The van der Waals surface area contributed by atoms with Gasteiger partial charge in [0.25, 0.3) is 5.91 Å². The standard InChI is InChI=1S/C9H17N4O13P3/c10-8-7(9(11)15)12-3-13(8)6-1-4(14)5(24-6)2-23-28(19,20)26-29(21,22)25-27(16,17)18/h3-6,14H,1-2,10H2,(H2,11,15)(H,19,20)(H,21,22)(H2,16,17,18). The van der Waals surface area contributed by atoms with E-state index in [1.54, 1.807) is 0 Å². The Balaban J connectivity index is 1.99. The molecule has 1 saturated heterocycles. The van der Waals surface area contributed by atoms with E-state index in [1.807, 2.05) is 0 Å². The second kappa shape index (κ2) is 8.51. The third-order valence-corrected chi connectivity index (χ3v) is 7.20. The Bertz CT molecular complexity index is 913. The summed E-state index contributed by atoms with van der Waals surface area (Å²) in [6, 6.07) is 0. The maximum Gasteiger partial charge on any atom is 0.490 e. The van der Waals surface area contributed by atoms with Crippen LogP contribution in [0.3, 0.4) is 0 Å². The van der Waals surface area contributed by atoms with Crippen molar-refractivity contribution in [2.45, 2.75) is 24.9 Å². The number of nitrogens with two attached hydrogens (primary N) is 2. The Morgan fingerprint density at radius 3 is 2.38 bits per heavy atom. The number of rotatable bonds is 9. The number of anilines is 1. The highest BCUT2D eigenvalue weighted by atomic mass is 31.3. The van der Waals surface area contributed by atoms with Crippen LogP contribution in [0, 0.1) is 0 Å². The largest absolute Gasteiger partial charge is 0.490 e. The quantitative estimate of drug-likeness (QED) is 0.198. The topological polar surface area (TPSA) is 276 Å². The van der Waals surface area contributed by atoms with Crippen LogP contribution in [0.1, 0.15) is 23.1 Å². The Labute approximate surface area is 161 Å². The highest BCUT2D eigenvalue weighted by molar-refractivity contribution is 7.66. The minimum absolute atomic E-state index is 0.108. The van der Waals surface area contributed by atoms with Crippen LogP contribution < -0.4 is 11.5 Å². The van der Waals surface area contributed by atoms with E-state index < -0.39 is 54.4 Å². The van der Waals surface area contributed by atoms with E-state index in [-0.39, 0.29) is 17.9 Å². The smallest absolute Gasteiger partial charge is 0.390 e. The summed E-state index contributed by atoms with van der Waals surface area (Å²) in [7, 11) is -16.5. The molecule has 2 heterocycles. The highest BCUT2D eigenvalue weighted by Gasteiger charge is 2.43. The molecule has 20 heteroatoms. The second-order valence-electron chi connectivity index (χ2n) is 5.57. The summed E-state index contributed by atoms with van der Waals surface area (Å²) >= 11 is 0. The molecule has 17 nitrogen and oxygen atoms in total. The molecule has 166 valence electrons. The maximum absolute atomic E-state index is 11.7. The van der Waals surface area contributed by atoms with Crippen LogP contribution in [0.25, 0.3) is 0 Å². The zero-order valence-corrected chi connectivity index (χ0v) is 16.8. The number of phosphoric acid groups is 3. The van der Waals surface area contributed by atoms with E-state index in [0.29, 0.717) is 0 Å². The van der Waals surface area contributed by atoms with Crippen molar-refractivity contribution >= 4 is 35.2 Å². The van der Waals surface area contributed by atoms with Crippen molar-refractivity contribution < 1.29 is 61.1 Å². The molecule has 0 aliphatic carbocycles. The minimum Gasteiger partial charge on any atom is -0.390 e. The molecular weight excluding hydrogens is 465 g/mol. The molecule has 29 heavy (non-hydrogen) atoms. The minimum atomic E-state index is -5.66. The van der Waals surface area contributed by atoms with Gasteiger partial charge < -0.3 is 40.9 Å². The number of nitrogens with zero attached hydrogens (tertiary/aromatic N) is 2. The number of hydrogen-bond donors (Lipinski definition) is 7. The lowest BCUT2D eigenvalue weighted by Crippen LogP contribution is -2.26. The number of carbonyl (C=O) groups is 1. The first kappa shape index (κ1) is 24.1. The Morgan fingerprint density at radius 2 is 1.86 bits per heavy atom. The average Bonchev–Trinajstić information content (AvgIpc) is 3.04. The molecule has 0 spiro atoms. The molecule has 1 fully saturated rings. The number of imidazole rings is 1. The fourth-order valence-corrected chi connectivity index (χ4v) is 5.33. The molecule has 1 aliphatic heterocycles. The van der Waals surface area contributed by atoms with Crippen molar-refractivity contribution in [3.8, 4) is 0 Å². The normalized spacial score (nSPS) is 26.7. The number of ether oxygens (including phenoxy) is 1. The van der Waals surface area contributed by atoms with Gasteiger partial charge in [-0.15, -0.1) is 0 Å². The predicted octanol–water partition coefficient (Wildman–Crippen LogP) is -1.44. The molecule has 5 atom stereocenters. The van der Waals surface area contributed by atoms with Crippen LogP contribution in [0.15, 0.2) is 6.33 Å². The number of amides is 1. The lowest BCUT2D eigenvalue weighted by molar-refractivity contribution is -0.0428. The summed E-state index contributed by atoms with van der Waals surface area (Å²) in [5.74, 6) is -1.05. The second-order valence-corrected chi connectivity index (χ2v) is 9.99. The van der Waals surface area contributed by atoms with Gasteiger partial charge in [-0.25, -0.2) is 18.7 Å². The molecule has 1 amide bonds. The van der Waals surface area contributed by atoms with E-state index in [4.69, 9.17) is 30.9 Å². The summed E-state index contributed by atoms with van der Waals surface area (Å²) in [6.45, 7) is -0.849. The van der Waals surface area contributed by atoms with Gasteiger partial charge in [-0.1, -0.05) is 0 Å². The SMILES string of the molecule is NC(=O)c1ncn(C2CC(O)C(COP(=O)(O)OP(=O)(O)OP(=O)(O)O)O2)c1N. The molecule has 0 aromatic carbocycles. The maximum atomic E-state index is 11.7. The predicted molar refractivity (Wildman–Crippen MR) is 89.5 cm³/mol. The van der Waals surface area contributed by atoms with E-state index >= 15 is 0 Å². The van der Waals surface area contributed by atoms with Crippen molar-refractivity contribution in [1.29, 1.82) is 0 Å². The van der Waals surface area contributed by atoms with Crippen LogP contribution in [-0.4, -0.2) is 59.0 Å². The van der Waals surface area contributed by atoms with Crippen molar-refractivity contribution in [3.05, 3.63) is 12.0 Å². The van der Waals surface area contributed by atoms with Crippen LogP contribution in [0.2, 0.25) is 0 Å². The van der Waals surface area contributed by atoms with Gasteiger partial charge in [0, 0.05) is 6.42 Å². The number of primary amides is 1. The van der Waals surface area contributed by atoms with Gasteiger partial charge in [0.1, 0.15) is 18.1 Å². The number of aromatic nitrogens is 2. The fourth-order valence-electron chi connectivity index (χ4n) is 2.30. The third kappa shape index (κ3) is 6.65. The average molecular weight is 482 g/mol. The lowest BCUT2D eigenvalue weighted by atomic mass is 10.2. The van der Waals surface area contributed by atoms with Gasteiger partial charge in [0.2, 0.25) is 0 Å². The Kier molecular flexibility index (Phi) is 7.07. The van der Waals surface area contributed by atoms with Gasteiger partial charge in [-0.05, 0) is 0 Å². The molecule has 0 bridgehead atoms. The zero-order chi connectivity index (χ0) is 22.2. The molecule has 1 aromatic rings. The van der Waals surface area contributed by atoms with Crippen molar-refractivity contribution in [1.82, 2.24) is 9.55 Å². The first-order valence-electron chi connectivity index (χ1n) is 7.34. The summed E-state index contributed by atoms with van der Waals surface area (Å²) in [4.78, 5) is 50.2. The van der Waals surface area contributed by atoms with Gasteiger partial charge in [0.15, 0.2) is 5.69 Å². The van der Waals surface area contributed by atoms with E-state index in [0.717, 1.165) is 6.33 Å². The van der Waals surface area contributed by atoms with E-state index in [2.05, 4.69) is 18.1 Å². The van der Waals surface area contributed by atoms with E-state index in [9.17, 15) is 28.5 Å². The Morgan fingerprint density at radius 1 is 1.24 bits per heavy atom. The molecular formula is C9H17N4O13P3. The van der Waals surface area contributed by atoms with Crippen LogP contribution >= 0.6 is 23.5 Å². The summed E-state index contributed by atoms with van der Waals surface area (Å²) in [5.41, 5.74) is 10.6. The lowest BCUT2D eigenvalue weighted by Gasteiger charge is -2.19. The number of hydrogen-bond acceptors (Lipinski definition) is 11. The molecule has 9 N–H and O–H groups in total. The van der Waals surface area contributed by atoms with Gasteiger partial charge in [-0.3, -0.25) is 13.9 Å². The van der Waals surface area contributed by atoms with Crippen molar-refractivity contribution in [3.63, 3.8) is 0 Å². The highest BCUT2D eigenvalue weighted by Crippen LogP contribution is 2.66. The van der Waals surface area contributed by atoms with E-state index in [1.165, 1.54) is 4.57 Å². The van der Waals surface area contributed by atoms with Crippen LogP contribution in [-0.2, 0) is 31.6 Å². The summed E-state index contributed by atoms with van der Waals surface area (Å²) < 4.78 is 51.6. The number of aliphatic hydroxyl groups is 1. The number of carbonyl (C=O) groups excluding carboxylic acids is 1.